The zero-order valence-electron chi connectivity index (χ0n) is 13.9. The van der Waals surface area contributed by atoms with Crippen LogP contribution >= 0.6 is 0 Å². The molecule has 126 valence electrons. The fourth-order valence-corrected chi connectivity index (χ4v) is 1.80. The molecular formula is C17H22O6. The Bertz CT molecular complexity index is 559. The van der Waals surface area contributed by atoms with Crippen molar-refractivity contribution in [1.82, 2.24) is 0 Å². The summed E-state index contributed by atoms with van der Waals surface area (Å²) in [6, 6.07) is 5.99. The van der Waals surface area contributed by atoms with E-state index in [0.717, 1.165) is 0 Å². The van der Waals surface area contributed by atoms with Gasteiger partial charge in [0.1, 0.15) is 12.2 Å². The molecule has 6 heteroatoms. The number of ketones is 1. The van der Waals surface area contributed by atoms with Gasteiger partial charge in [-0.15, -0.1) is 0 Å². The number of carbonyl (C=O) groups excluding carboxylic acids is 3. The van der Waals surface area contributed by atoms with Crippen molar-refractivity contribution >= 4 is 17.7 Å². The van der Waals surface area contributed by atoms with Crippen molar-refractivity contribution in [3.63, 3.8) is 0 Å². The first kappa shape index (κ1) is 18.8. The van der Waals surface area contributed by atoms with Crippen molar-refractivity contribution < 1.29 is 28.6 Å². The highest BCUT2D eigenvalue weighted by Gasteiger charge is 2.30. The highest BCUT2D eigenvalue weighted by atomic mass is 16.6. The van der Waals surface area contributed by atoms with E-state index >= 15 is 0 Å². The number of carbonyl (C=O) groups is 3. The second kappa shape index (κ2) is 8.43. The fraction of sp³-hybridized carbons (Fsp3) is 0.471. The number of hydrogen-bond acceptors (Lipinski definition) is 6. The summed E-state index contributed by atoms with van der Waals surface area (Å²) in [5, 5.41) is 0. The van der Waals surface area contributed by atoms with Gasteiger partial charge in [-0.2, -0.15) is 0 Å². The SMILES string of the molecule is CCOC(=O)CC(=O)c1ccc(OC(=O)C(C)(C)OCC)cc1. The monoisotopic (exact) mass is 322 g/mol. The molecule has 23 heavy (non-hydrogen) atoms. The first-order chi connectivity index (χ1) is 10.8. The smallest absolute Gasteiger partial charge is 0.343 e. The van der Waals surface area contributed by atoms with Crippen LogP contribution in [0.5, 0.6) is 5.75 Å². The standard InChI is InChI=1S/C17H22O6/c1-5-21-15(19)11-14(18)12-7-9-13(10-8-12)23-16(20)17(3,4)22-6-2/h7-10H,5-6,11H2,1-4H3. The average molecular weight is 322 g/mol. The van der Waals surface area contributed by atoms with Gasteiger partial charge in [-0.25, -0.2) is 4.79 Å². The minimum Gasteiger partial charge on any atom is -0.466 e. The van der Waals surface area contributed by atoms with Gasteiger partial charge in [0.05, 0.1) is 6.61 Å². The summed E-state index contributed by atoms with van der Waals surface area (Å²) < 4.78 is 15.3. The lowest BCUT2D eigenvalue weighted by Gasteiger charge is -2.22. The van der Waals surface area contributed by atoms with E-state index in [1.807, 2.05) is 0 Å². The molecule has 0 unspecified atom stereocenters. The van der Waals surface area contributed by atoms with Crippen LogP contribution in [0.25, 0.3) is 0 Å². The molecule has 0 heterocycles. The van der Waals surface area contributed by atoms with Gasteiger partial charge in [0.15, 0.2) is 11.4 Å². The van der Waals surface area contributed by atoms with Crippen molar-refractivity contribution in [2.24, 2.45) is 0 Å². The maximum atomic E-state index is 12.0. The molecule has 0 saturated heterocycles. The lowest BCUT2D eigenvalue weighted by atomic mass is 10.1. The van der Waals surface area contributed by atoms with Gasteiger partial charge in [-0.1, -0.05) is 0 Å². The lowest BCUT2D eigenvalue weighted by Crippen LogP contribution is -2.38. The molecule has 6 nitrogen and oxygen atoms in total. The Morgan fingerprint density at radius 3 is 2.13 bits per heavy atom. The molecule has 1 aromatic carbocycles. The molecule has 0 spiro atoms. The molecule has 1 rings (SSSR count). The van der Waals surface area contributed by atoms with E-state index in [4.69, 9.17) is 14.2 Å². The Morgan fingerprint density at radius 2 is 1.61 bits per heavy atom. The molecule has 0 aliphatic carbocycles. The van der Waals surface area contributed by atoms with Crippen LogP contribution in [0.1, 0.15) is 44.5 Å². The van der Waals surface area contributed by atoms with Crippen LogP contribution in [0, 0.1) is 0 Å². The highest BCUT2D eigenvalue weighted by molar-refractivity contribution is 6.06. The zero-order chi connectivity index (χ0) is 17.5. The van der Waals surface area contributed by atoms with Gasteiger partial charge in [-0.3, -0.25) is 9.59 Å². The van der Waals surface area contributed by atoms with Crippen molar-refractivity contribution in [1.29, 1.82) is 0 Å². The van der Waals surface area contributed by atoms with E-state index in [9.17, 15) is 14.4 Å². The summed E-state index contributed by atoms with van der Waals surface area (Å²) in [7, 11) is 0. The predicted octanol–water partition coefficient (Wildman–Crippen LogP) is 2.54. The predicted molar refractivity (Wildman–Crippen MR) is 83.4 cm³/mol. The minimum absolute atomic E-state index is 0.233. The Balaban J connectivity index is 2.68. The largest absolute Gasteiger partial charge is 0.466 e. The molecule has 0 radical (unpaired) electrons. The Kier molecular flexibility index (Phi) is 6.90. The maximum Gasteiger partial charge on any atom is 0.343 e. The molecule has 0 aromatic heterocycles. The number of rotatable bonds is 8. The maximum absolute atomic E-state index is 12.0. The normalized spacial score (nSPS) is 11.0. The first-order valence-corrected chi connectivity index (χ1v) is 7.45. The number of hydrogen-bond donors (Lipinski definition) is 0. The summed E-state index contributed by atoms with van der Waals surface area (Å²) in [4.78, 5) is 35.1. The van der Waals surface area contributed by atoms with Crippen molar-refractivity contribution in [3.05, 3.63) is 29.8 Å². The van der Waals surface area contributed by atoms with Crippen LogP contribution in [0.3, 0.4) is 0 Å². The van der Waals surface area contributed by atoms with Crippen molar-refractivity contribution in [3.8, 4) is 5.75 Å². The Labute approximate surface area is 135 Å². The van der Waals surface area contributed by atoms with E-state index in [1.165, 1.54) is 24.3 Å². The molecule has 0 N–H and O–H groups in total. The summed E-state index contributed by atoms with van der Waals surface area (Å²) in [6.45, 7) is 7.33. The molecule has 0 saturated carbocycles. The van der Waals surface area contributed by atoms with E-state index in [1.54, 1.807) is 27.7 Å². The third-order valence-corrected chi connectivity index (χ3v) is 2.99. The highest BCUT2D eigenvalue weighted by Crippen LogP contribution is 2.18. The third kappa shape index (κ3) is 5.83. The van der Waals surface area contributed by atoms with Crippen LogP contribution < -0.4 is 4.74 Å². The van der Waals surface area contributed by atoms with E-state index in [2.05, 4.69) is 0 Å². The van der Waals surface area contributed by atoms with Crippen LogP contribution in [0.4, 0.5) is 0 Å². The number of Topliss-reactive ketones (excluding diaryl/α,β-unsaturated/α-hetero) is 1. The summed E-state index contributed by atoms with van der Waals surface area (Å²) in [5.74, 6) is -1.14. The molecule has 0 aliphatic heterocycles. The summed E-state index contributed by atoms with van der Waals surface area (Å²) in [5.41, 5.74) is -0.699. The zero-order valence-corrected chi connectivity index (χ0v) is 13.9. The molecule has 0 atom stereocenters. The van der Waals surface area contributed by atoms with Crippen LogP contribution in [0.2, 0.25) is 0 Å². The number of benzene rings is 1. The van der Waals surface area contributed by atoms with Gasteiger partial charge < -0.3 is 14.2 Å². The second-order valence-electron chi connectivity index (χ2n) is 5.26. The molecule has 0 aliphatic rings. The van der Waals surface area contributed by atoms with E-state index in [0.29, 0.717) is 17.9 Å². The molecule has 0 bridgehead atoms. The minimum atomic E-state index is -1.05. The van der Waals surface area contributed by atoms with Gasteiger partial charge in [0, 0.05) is 12.2 Å². The van der Waals surface area contributed by atoms with Gasteiger partial charge in [0.25, 0.3) is 0 Å². The van der Waals surface area contributed by atoms with Gasteiger partial charge in [-0.05, 0) is 52.0 Å². The number of ether oxygens (including phenoxy) is 3. The molecular weight excluding hydrogens is 300 g/mol. The lowest BCUT2D eigenvalue weighted by molar-refractivity contribution is -0.157. The van der Waals surface area contributed by atoms with Crippen LogP contribution in [-0.2, 0) is 19.1 Å². The van der Waals surface area contributed by atoms with Crippen molar-refractivity contribution in [2.45, 2.75) is 39.7 Å². The topological polar surface area (TPSA) is 78.9 Å². The summed E-state index contributed by atoms with van der Waals surface area (Å²) >= 11 is 0. The van der Waals surface area contributed by atoms with Gasteiger partial charge in [0.2, 0.25) is 0 Å². The van der Waals surface area contributed by atoms with E-state index < -0.39 is 17.5 Å². The van der Waals surface area contributed by atoms with Gasteiger partial charge >= 0.3 is 11.9 Å². The molecule has 0 amide bonds. The molecule has 0 fully saturated rings. The van der Waals surface area contributed by atoms with Crippen molar-refractivity contribution in [2.75, 3.05) is 13.2 Å². The molecule has 1 aromatic rings. The third-order valence-electron chi connectivity index (χ3n) is 2.99. The van der Waals surface area contributed by atoms with Crippen LogP contribution in [0.15, 0.2) is 24.3 Å². The van der Waals surface area contributed by atoms with E-state index in [-0.39, 0.29) is 18.8 Å². The Hall–Kier alpha value is -2.21. The number of esters is 2. The van der Waals surface area contributed by atoms with Crippen LogP contribution in [-0.4, -0.2) is 36.5 Å². The average Bonchev–Trinajstić information content (AvgIpc) is 2.48. The Morgan fingerprint density at radius 1 is 1.00 bits per heavy atom. The first-order valence-electron chi connectivity index (χ1n) is 7.45. The summed E-state index contributed by atoms with van der Waals surface area (Å²) in [6.07, 6.45) is -0.315. The second-order valence-corrected chi connectivity index (χ2v) is 5.26. The fourth-order valence-electron chi connectivity index (χ4n) is 1.80. The quantitative estimate of drug-likeness (QED) is 0.317.